The molecule has 15 heteroatoms. The molecule has 1 aliphatic rings. The number of aliphatic hydroxyl groups is 2. The van der Waals surface area contributed by atoms with Crippen LogP contribution in [0.5, 0.6) is 0 Å². The number of carbonyl (C=O) groups excluding carboxylic acids is 3. The molecule has 6 N–H and O–H groups in total. The Morgan fingerprint density at radius 3 is 2.10 bits per heavy atom. The number of aliphatic carboxylic acids is 1. The van der Waals surface area contributed by atoms with E-state index < -0.39 is 75.8 Å². The van der Waals surface area contributed by atoms with Crippen molar-refractivity contribution >= 4 is 31.5 Å². The third-order valence-corrected chi connectivity index (χ3v) is 10.9. The molecule has 0 bridgehead atoms. The van der Waals surface area contributed by atoms with E-state index in [1.165, 1.54) is 0 Å². The van der Waals surface area contributed by atoms with Crippen LogP contribution < -0.4 is 5.73 Å². The molecule has 0 spiro atoms. The SMILES string of the molecule is CC/C=C\C/C=C\C/C=C\CCCCCCCC(=O)O[C@H](COC(=O)CCCCCC[C@H]1[C@@H](O)CC(=O)[C@@H]1/C=C/[C@@H](O)CCCCC)COP(=O)(O)OC[C@H](N)C(=O)O. The summed E-state index contributed by atoms with van der Waals surface area (Å²) in [6.07, 6.45) is 29.4. The first-order chi connectivity index (χ1) is 28.3. The Labute approximate surface area is 352 Å². The Bertz CT molecular complexity index is 1350. The maximum Gasteiger partial charge on any atom is 0.472 e. The van der Waals surface area contributed by atoms with E-state index in [4.69, 9.17) is 24.8 Å². The van der Waals surface area contributed by atoms with Gasteiger partial charge in [0, 0.05) is 25.2 Å². The highest BCUT2D eigenvalue weighted by molar-refractivity contribution is 7.47. The highest BCUT2D eigenvalue weighted by atomic mass is 31.2. The van der Waals surface area contributed by atoms with Crippen LogP contribution in [0.3, 0.4) is 0 Å². The molecule has 1 rings (SSSR count). The first kappa shape index (κ1) is 54.0. The molecule has 7 atom stereocenters. The van der Waals surface area contributed by atoms with E-state index >= 15 is 0 Å². The number of allylic oxidation sites excluding steroid dienone is 7. The number of phosphoric ester groups is 1. The highest BCUT2D eigenvalue weighted by Gasteiger charge is 2.39. The summed E-state index contributed by atoms with van der Waals surface area (Å²) >= 11 is 0. The Morgan fingerprint density at radius 1 is 0.814 bits per heavy atom. The second-order valence-electron chi connectivity index (χ2n) is 15.2. The molecule has 59 heavy (non-hydrogen) atoms. The lowest BCUT2D eigenvalue weighted by atomic mass is 9.88. The van der Waals surface area contributed by atoms with Gasteiger partial charge >= 0.3 is 25.7 Å². The summed E-state index contributed by atoms with van der Waals surface area (Å²) in [4.78, 5) is 58.7. The fraction of sp³-hybridized carbons (Fsp3) is 0.727. The topological polar surface area (TPSA) is 229 Å². The second-order valence-corrected chi connectivity index (χ2v) is 16.7. The standard InChI is InChI=1S/C44H74NO13P/c1-3-5-7-8-9-10-11-12-13-14-15-16-17-18-24-28-43(50)58-36(33-56-59(53,54)57-34-39(45)44(51)52)32-55-42(49)27-23-20-19-22-26-37-38(41(48)31-40(37)47)30-29-35(46)25-21-6-4-2/h5,7,9-10,12-13,29-30,35-40,46-47H,3-4,6,8,11,14-28,31-34,45H2,1-2H3,(H,51,52)(H,53,54)/b7-5-,10-9-,13-12-,30-29+/t35-,36+,37+,38+,39-,40-/m0/s1. The Hall–Kier alpha value is -2.97. The molecule has 0 radical (unpaired) electrons. The van der Waals surface area contributed by atoms with Crippen LogP contribution in [0.1, 0.15) is 149 Å². The summed E-state index contributed by atoms with van der Waals surface area (Å²) < 4.78 is 32.7. The van der Waals surface area contributed by atoms with Crippen LogP contribution in [0.15, 0.2) is 48.6 Å². The number of nitrogens with two attached hydrogens (primary N) is 1. The zero-order valence-electron chi connectivity index (χ0n) is 35.5. The minimum atomic E-state index is -4.78. The average molecular weight is 856 g/mol. The molecule has 1 unspecified atom stereocenters. The number of phosphoric acid groups is 1. The van der Waals surface area contributed by atoms with E-state index in [0.717, 1.165) is 83.5 Å². The normalized spacial score (nSPS) is 19.8. The van der Waals surface area contributed by atoms with Crippen molar-refractivity contribution in [2.45, 2.75) is 173 Å². The van der Waals surface area contributed by atoms with Crippen LogP contribution in [0.4, 0.5) is 0 Å². The van der Waals surface area contributed by atoms with Crippen LogP contribution in [0.2, 0.25) is 0 Å². The van der Waals surface area contributed by atoms with Gasteiger partial charge in [-0.3, -0.25) is 28.2 Å². The summed E-state index contributed by atoms with van der Waals surface area (Å²) in [5, 5.41) is 29.6. The molecule has 0 saturated heterocycles. The Balaban J connectivity index is 2.49. The maximum absolute atomic E-state index is 12.7. The molecule has 0 heterocycles. The van der Waals surface area contributed by atoms with Crippen molar-refractivity contribution in [1.82, 2.24) is 0 Å². The summed E-state index contributed by atoms with van der Waals surface area (Å²) in [6, 6.07) is -1.56. The molecule has 0 aromatic rings. The first-order valence-corrected chi connectivity index (χ1v) is 23.3. The number of rotatable bonds is 36. The van der Waals surface area contributed by atoms with Gasteiger partial charge in [0.25, 0.3) is 0 Å². The predicted molar refractivity (Wildman–Crippen MR) is 227 cm³/mol. The molecule has 0 amide bonds. The number of ether oxygens (including phenoxy) is 2. The quantitative estimate of drug-likeness (QED) is 0.0174. The van der Waals surface area contributed by atoms with Crippen molar-refractivity contribution in [2.24, 2.45) is 17.6 Å². The third kappa shape index (κ3) is 28.2. The summed E-state index contributed by atoms with van der Waals surface area (Å²) in [5.41, 5.74) is 5.33. The van der Waals surface area contributed by atoms with E-state index in [-0.39, 0.29) is 31.0 Å². The smallest absolute Gasteiger partial charge is 0.472 e. The second kappa shape index (κ2) is 33.7. The minimum absolute atomic E-state index is 0.0198. The van der Waals surface area contributed by atoms with Crippen LogP contribution in [0.25, 0.3) is 0 Å². The number of carboxylic acids is 1. The van der Waals surface area contributed by atoms with Crippen LogP contribution in [-0.4, -0.2) is 88.1 Å². The molecule has 1 fully saturated rings. The van der Waals surface area contributed by atoms with E-state index in [0.29, 0.717) is 32.1 Å². The third-order valence-electron chi connectivity index (χ3n) is 9.97. The summed E-state index contributed by atoms with van der Waals surface area (Å²) in [6.45, 7) is 2.32. The maximum atomic E-state index is 12.7. The van der Waals surface area contributed by atoms with Crippen molar-refractivity contribution in [3.8, 4) is 0 Å². The number of hydrogen-bond acceptors (Lipinski definition) is 12. The fourth-order valence-electron chi connectivity index (χ4n) is 6.51. The van der Waals surface area contributed by atoms with Gasteiger partial charge in [0.2, 0.25) is 0 Å². The van der Waals surface area contributed by atoms with Crippen molar-refractivity contribution in [3.05, 3.63) is 48.6 Å². The number of carbonyl (C=O) groups is 4. The number of Topliss-reactive ketones (excluding diaryl/α,β-unsaturated/α-hetero) is 1. The number of ketones is 1. The highest BCUT2D eigenvalue weighted by Crippen LogP contribution is 2.43. The van der Waals surface area contributed by atoms with Gasteiger partial charge in [-0.05, 0) is 63.7 Å². The number of esters is 2. The monoisotopic (exact) mass is 855 g/mol. The fourth-order valence-corrected chi connectivity index (χ4v) is 7.29. The van der Waals surface area contributed by atoms with Gasteiger partial charge in [-0.25, -0.2) is 4.57 Å². The average Bonchev–Trinajstić information content (AvgIpc) is 3.47. The van der Waals surface area contributed by atoms with Gasteiger partial charge in [0.05, 0.1) is 25.4 Å². The molecule has 0 aliphatic heterocycles. The van der Waals surface area contributed by atoms with E-state index in [9.17, 15) is 38.8 Å². The van der Waals surface area contributed by atoms with Crippen LogP contribution in [0, 0.1) is 11.8 Å². The molecule has 14 nitrogen and oxygen atoms in total. The molecular weight excluding hydrogens is 781 g/mol. The Morgan fingerprint density at radius 2 is 1.42 bits per heavy atom. The van der Waals surface area contributed by atoms with Gasteiger partial charge in [-0.2, -0.15) is 0 Å². The van der Waals surface area contributed by atoms with E-state index in [1.54, 1.807) is 12.2 Å². The zero-order valence-corrected chi connectivity index (χ0v) is 36.4. The lowest BCUT2D eigenvalue weighted by molar-refractivity contribution is -0.161. The number of hydrogen-bond donors (Lipinski definition) is 5. The van der Waals surface area contributed by atoms with Crippen molar-refractivity contribution in [1.29, 1.82) is 0 Å². The van der Waals surface area contributed by atoms with E-state index in [1.807, 2.05) is 0 Å². The molecule has 338 valence electrons. The number of aliphatic hydroxyl groups excluding tert-OH is 2. The summed E-state index contributed by atoms with van der Waals surface area (Å²) in [7, 11) is -4.78. The van der Waals surface area contributed by atoms with Gasteiger partial charge in [0.15, 0.2) is 6.10 Å². The van der Waals surface area contributed by atoms with Crippen LogP contribution in [-0.2, 0) is 42.3 Å². The van der Waals surface area contributed by atoms with Crippen molar-refractivity contribution < 1.29 is 62.5 Å². The molecule has 1 aliphatic carbocycles. The van der Waals surface area contributed by atoms with Crippen LogP contribution >= 0.6 is 7.82 Å². The Kier molecular flexibility index (Phi) is 30.9. The van der Waals surface area contributed by atoms with Gasteiger partial charge in [-0.15, -0.1) is 0 Å². The van der Waals surface area contributed by atoms with Crippen molar-refractivity contribution in [3.63, 3.8) is 0 Å². The lowest BCUT2D eigenvalue weighted by Gasteiger charge is -2.20. The lowest BCUT2D eigenvalue weighted by Crippen LogP contribution is -2.34. The first-order valence-electron chi connectivity index (χ1n) is 21.8. The summed E-state index contributed by atoms with van der Waals surface area (Å²) in [5.74, 6) is -3.24. The predicted octanol–water partition coefficient (Wildman–Crippen LogP) is 7.98. The zero-order chi connectivity index (χ0) is 43.7. The molecular formula is C44H74NO13P. The van der Waals surface area contributed by atoms with Gasteiger partial charge in [-0.1, -0.05) is 120 Å². The number of carboxylic acid groups (broad SMARTS) is 1. The van der Waals surface area contributed by atoms with E-state index in [2.05, 4.69) is 54.8 Å². The minimum Gasteiger partial charge on any atom is -0.480 e. The molecule has 1 saturated carbocycles. The number of unbranched alkanes of at least 4 members (excludes halogenated alkanes) is 10. The molecule has 0 aromatic heterocycles. The van der Waals surface area contributed by atoms with Crippen molar-refractivity contribution in [2.75, 3.05) is 19.8 Å². The van der Waals surface area contributed by atoms with Gasteiger partial charge < -0.3 is 35.4 Å². The largest absolute Gasteiger partial charge is 0.480 e. The molecule has 0 aromatic carbocycles. The van der Waals surface area contributed by atoms with Gasteiger partial charge in [0.1, 0.15) is 18.4 Å².